The molecule has 1 aliphatic rings. The van der Waals surface area contributed by atoms with Crippen molar-refractivity contribution in [2.24, 2.45) is 0 Å². The minimum atomic E-state index is -0.486. The van der Waals surface area contributed by atoms with E-state index in [4.69, 9.17) is 4.74 Å². The van der Waals surface area contributed by atoms with Gasteiger partial charge < -0.3 is 4.74 Å². The summed E-state index contributed by atoms with van der Waals surface area (Å²) in [5.74, 6) is -0.277. The summed E-state index contributed by atoms with van der Waals surface area (Å²) in [4.78, 5) is 24.1. The molecule has 2 amide bonds. The van der Waals surface area contributed by atoms with Gasteiger partial charge in [0.25, 0.3) is 11.8 Å². The van der Waals surface area contributed by atoms with Crippen LogP contribution in [-0.4, -0.2) is 28.6 Å². The number of aromatic nitrogens is 2. The van der Waals surface area contributed by atoms with Gasteiger partial charge in [-0.1, -0.05) is 36.4 Å². The average molecular weight is 376 g/mol. The molecule has 7 nitrogen and oxygen atoms in total. The highest BCUT2D eigenvalue weighted by molar-refractivity contribution is 5.94. The van der Waals surface area contributed by atoms with Crippen molar-refractivity contribution in [3.63, 3.8) is 0 Å². The van der Waals surface area contributed by atoms with E-state index in [0.717, 1.165) is 24.8 Å². The smallest absolute Gasteiger partial charge is 0.287 e. The minimum absolute atomic E-state index is 0.183. The second kappa shape index (κ2) is 7.96. The quantitative estimate of drug-likeness (QED) is 0.596. The van der Waals surface area contributed by atoms with Crippen LogP contribution in [0.2, 0.25) is 0 Å². The lowest BCUT2D eigenvalue weighted by molar-refractivity contribution is -0.123. The molecule has 0 saturated carbocycles. The Morgan fingerprint density at radius 2 is 1.82 bits per heavy atom. The van der Waals surface area contributed by atoms with Crippen LogP contribution in [0.1, 0.15) is 28.0 Å². The number of amides is 2. The topological polar surface area (TPSA) is 96.1 Å². The highest BCUT2D eigenvalue weighted by atomic mass is 16.5. The molecule has 1 aromatic heterocycles. The summed E-state index contributed by atoms with van der Waals surface area (Å²) < 4.78 is 5.51. The molecule has 0 radical (unpaired) electrons. The van der Waals surface area contributed by atoms with Crippen molar-refractivity contribution >= 4 is 11.8 Å². The van der Waals surface area contributed by atoms with Crippen LogP contribution in [0.4, 0.5) is 0 Å². The van der Waals surface area contributed by atoms with Crippen molar-refractivity contribution in [1.29, 1.82) is 0 Å². The standard InChI is InChI=1S/C21H20N4O3/c26-20(13-28-17-10-9-14-7-4-8-16(14)11-17)24-25-21(27)19-12-18(22-23-19)15-5-2-1-3-6-15/h1-3,5-6,9-12H,4,7-8,13H2,(H,22,23)(H,24,26)(H,25,27). The Bertz CT molecular complexity index is 998. The van der Waals surface area contributed by atoms with Crippen LogP contribution in [0.25, 0.3) is 11.3 Å². The first-order chi connectivity index (χ1) is 13.7. The number of benzene rings is 2. The summed E-state index contributed by atoms with van der Waals surface area (Å²) in [6.07, 6.45) is 3.30. The molecule has 28 heavy (non-hydrogen) atoms. The number of fused-ring (bicyclic) bond motifs is 1. The molecule has 0 unspecified atom stereocenters. The molecule has 0 aliphatic heterocycles. The van der Waals surface area contributed by atoms with Crippen molar-refractivity contribution in [2.45, 2.75) is 19.3 Å². The summed E-state index contributed by atoms with van der Waals surface area (Å²) in [6, 6.07) is 17.0. The van der Waals surface area contributed by atoms with Gasteiger partial charge >= 0.3 is 0 Å². The van der Waals surface area contributed by atoms with Gasteiger partial charge in [0.2, 0.25) is 0 Å². The second-order valence-electron chi connectivity index (χ2n) is 6.61. The monoisotopic (exact) mass is 376 g/mol. The molecular formula is C21H20N4O3. The van der Waals surface area contributed by atoms with E-state index in [9.17, 15) is 9.59 Å². The van der Waals surface area contributed by atoms with Crippen molar-refractivity contribution in [3.05, 3.63) is 71.4 Å². The van der Waals surface area contributed by atoms with E-state index in [1.165, 1.54) is 11.1 Å². The Morgan fingerprint density at radius 3 is 2.68 bits per heavy atom. The van der Waals surface area contributed by atoms with Crippen LogP contribution in [-0.2, 0) is 17.6 Å². The zero-order valence-corrected chi connectivity index (χ0v) is 15.2. The van der Waals surface area contributed by atoms with Gasteiger partial charge in [0, 0.05) is 5.56 Å². The highest BCUT2D eigenvalue weighted by Crippen LogP contribution is 2.25. The van der Waals surface area contributed by atoms with Gasteiger partial charge in [-0.3, -0.25) is 25.5 Å². The molecule has 7 heteroatoms. The Labute approximate surface area is 162 Å². The van der Waals surface area contributed by atoms with Gasteiger partial charge in [0.05, 0.1) is 5.69 Å². The molecule has 1 heterocycles. The van der Waals surface area contributed by atoms with Crippen LogP contribution >= 0.6 is 0 Å². The third kappa shape index (κ3) is 4.03. The van der Waals surface area contributed by atoms with Gasteiger partial charge in [-0.15, -0.1) is 0 Å². The Hall–Kier alpha value is -3.61. The minimum Gasteiger partial charge on any atom is -0.484 e. The molecule has 0 spiro atoms. The number of aryl methyl sites for hydroxylation is 2. The number of carbonyl (C=O) groups is 2. The maximum absolute atomic E-state index is 12.2. The van der Waals surface area contributed by atoms with E-state index in [1.54, 1.807) is 6.07 Å². The van der Waals surface area contributed by atoms with Crippen molar-refractivity contribution < 1.29 is 14.3 Å². The number of ether oxygens (including phenoxy) is 1. The maximum atomic E-state index is 12.2. The van der Waals surface area contributed by atoms with E-state index >= 15 is 0 Å². The molecule has 4 rings (SSSR count). The number of rotatable bonds is 5. The largest absolute Gasteiger partial charge is 0.484 e. The summed E-state index contributed by atoms with van der Waals surface area (Å²) in [5.41, 5.74) is 9.11. The lowest BCUT2D eigenvalue weighted by atomic mass is 10.1. The molecule has 142 valence electrons. The van der Waals surface area contributed by atoms with E-state index in [2.05, 4.69) is 21.0 Å². The SMILES string of the molecule is O=C(COc1ccc2c(c1)CCC2)NNC(=O)c1cc(-c2ccccc2)n[nH]1. The number of H-pyrrole nitrogens is 1. The zero-order chi connectivity index (χ0) is 19.3. The number of aromatic amines is 1. The number of hydrazine groups is 1. The third-order valence-corrected chi connectivity index (χ3v) is 4.65. The number of carbonyl (C=O) groups excluding carboxylic acids is 2. The van der Waals surface area contributed by atoms with E-state index in [-0.39, 0.29) is 12.3 Å². The van der Waals surface area contributed by atoms with Crippen LogP contribution in [0.3, 0.4) is 0 Å². The Morgan fingerprint density at radius 1 is 1.00 bits per heavy atom. The van der Waals surface area contributed by atoms with Crippen molar-refractivity contribution in [1.82, 2.24) is 21.0 Å². The fourth-order valence-corrected chi connectivity index (χ4v) is 3.21. The lowest BCUT2D eigenvalue weighted by Gasteiger charge is -2.09. The number of nitrogens with zero attached hydrogens (tertiary/aromatic N) is 1. The van der Waals surface area contributed by atoms with E-state index in [0.29, 0.717) is 11.4 Å². The molecule has 0 bridgehead atoms. The number of nitrogens with one attached hydrogen (secondary N) is 3. The van der Waals surface area contributed by atoms with Crippen molar-refractivity contribution in [3.8, 4) is 17.0 Å². The summed E-state index contributed by atoms with van der Waals surface area (Å²) in [5, 5.41) is 6.78. The molecule has 3 aromatic rings. The lowest BCUT2D eigenvalue weighted by Crippen LogP contribution is -2.44. The van der Waals surface area contributed by atoms with Gasteiger partial charge in [-0.05, 0) is 48.6 Å². The molecule has 0 saturated heterocycles. The molecule has 1 aliphatic carbocycles. The molecule has 3 N–H and O–H groups in total. The van der Waals surface area contributed by atoms with Crippen molar-refractivity contribution in [2.75, 3.05) is 6.61 Å². The van der Waals surface area contributed by atoms with Gasteiger partial charge in [-0.2, -0.15) is 5.10 Å². The highest BCUT2D eigenvalue weighted by Gasteiger charge is 2.14. The van der Waals surface area contributed by atoms with Crippen LogP contribution in [0.15, 0.2) is 54.6 Å². The normalized spacial score (nSPS) is 12.3. The average Bonchev–Trinajstić information content (AvgIpc) is 3.40. The molecule has 0 atom stereocenters. The van der Waals surface area contributed by atoms with Crippen LogP contribution in [0, 0.1) is 0 Å². The zero-order valence-electron chi connectivity index (χ0n) is 15.2. The fourth-order valence-electron chi connectivity index (χ4n) is 3.21. The third-order valence-electron chi connectivity index (χ3n) is 4.65. The predicted molar refractivity (Wildman–Crippen MR) is 104 cm³/mol. The maximum Gasteiger partial charge on any atom is 0.287 e. The van der Waals surface area contributed by atoms with Gasteiger partial charge in [-0.25, -0.2) is 0 Å². The first-order valence-corrected chi connectivity index (χ1v) is 9.13. The molecule has 2 aromatic carbocycles. The van der Waals surface area contributed by atoms with E-state index in [1.807, 2.05) is 48.5 Å². The summed E-state index contributed by atoms with van der Waals surface area (Å²) in [6.45, 7) is -0.183. The van der Waals surface area contributed by atoms with Crippen LogP contribution < -0.4 is 15.6 Å². The van der Waals surface area contributed by atoms with E-state index < -0.39 is 11.8 Å². The first kappa shape index (κ1) is 17.8. The summed E-state index contributed by atoms with van der Waals surface area (Å²) >= 11 is 0. The Balaban J connectivity index is 1.26. The van der Waals surface area contributed by atoms with Gasteiger partial charge in [0.1, 0.15) is 11.4 Å². The fraction of sp³-hybridized carbons (Fsp3) is 0.190. The van der Waals surface area contributed by atoms with Crippen LogP contribution in [0.5, 0.6) is 5.75 Å². The number of hydrogen-bond acceptors (Lipinski definition) is 4. The number of hydrogen-bond donors (Lipinski definition) is 3. The first-order valence-electron chi connectivity index (χ1n) is 9.13. The predicted octanol–water partition coefficient (Wildman–Crippen LogP) is 2.41. The molecular weight excluding hydrogens is 356 g/mol. The van der Waals surface area contributed by atoms with Gasteiger partial charge in [0.15, 0.2) is 6.61 Å². The molecule has 0 fully saturated rings. The second-order valence-corrected chi connectivity index (χ2v) is 6.61. The Kier molecular flexibility index (Phi) is 5.05. The summed E-state index contributed by atoms with van der Waals surface area (Å²) in [7, 11) is 0.